The molecule has 0 amide bonds. The summed E-state index contributed by atoms with van der Waals surface area (Å²) >= 11 is 0. The zero-order chi connectivity index (χ0) is 14.4. The number of aromatic amines is 1. The summed E-state index contributed by atoms with van der Waals surface area (Å²) in [6.07, 6.45) is 8.25. The molecule has 4 rings (SSSR count). The maximum absolute atomic E-state index is 12.1. The van der Waals surface area contributed by atoms with Gasteiger partial charge in [-0.1, -0.05) is 12.8 Å². The lowest BCUT2D eigenvalue weighted by atomic mass is 9.85. The van der Waals surface area contributed by atoms with Crippen LogP contribution in [0.2, 0.25) is 0 Å². The van der Waals surface area contributed by atoms with Crippen LogP contribution < -0.4 is 5.56 Å². The Morgan fingerprint density at radius 1 is 1.33 bits per heavy atom. The maximum Gasteiger partial charge on any atom is 0.262 e. The smallest absolute Gasteiger partial charge is 0.262 e. The van der Waals surface area contributed by atoms with Crippen molar-refractivity contribution in [3.8, 4) is 0 Å². The molecule has 112 valence electrons. The van der Waals surface area contributed by atoms with Gasteiger partial charge in [0, 0.05) is 13.1 Å². The van der Waals surface area contributed by atoms with Gasteiger partial charge < -0.3 is 4.98 Å². The third-order valence-electron chi connectivity index (χ3n) is 5.13. The Bertz CT molecular complexity index is 718. The van der Waals surface area contributed by atoms with Gasteiger partial charge in [0.1, 0.15) is 11.2 Å². The summed E-state index contributed by atoms with van der Waals surface area (Å²) in [5, 5.41) is 4.68. The third-order valence-corrected chi connectivity index (χ3v) is 5.13. The number of nitrogens with one attached hydrogen (secondary N) is 1. The molecule has 21 heavy (non-hydrogen) atoms. The Morgan fingerprint density at radius 3 is 3.10 bits per heavy atom. The summed E-state index contributed by atoms with van der Waals surface area (Å²) in [5.74, 6) is 1.62. The summed E-state index contributed by atoms with van der Waals surface area (Å²) in [6, 6.07) is 0.686. The maximum atomic E-state index is 12.1. The fourth-order valence-electron chi connectivity index (χ4n) is 4.04. The van der Waals surface area contributed by atoms with E-state index < -0.39 is 0 Å². The van der Waals surface area contributed by atoms with Crippen LogP contribution in [-0.2, 0) is 13.6 Å². The molecule has 2 aliphatic rings. The minimum atomic E-state index is -0.0810. The average molecular weight is 287 g/mol. The lowest BCUT2D eigenvalue weighted by Crippen LogP contribution is -2.35. The molecule has 3 heterocycles. The number of aryl methyl sites for hydroxylation is 1. The van der Waals surface area contributed by atoms with Crippen molar-refractivity contribution in [1.82, 2.24) is 24.6 Å². The van der Waals surface area contributed by atoms with Gasteiger partial charge in [-0.3, -0.25) is 14.4 Å². The summed E-state index contributed by atoms with van der Waals surface area (Å²) in [5.41, 5.74) is 0.593. The average Bonchev–Trinajstić information content (AvgIpc) is 3.05. The van der Waals surface area contributed by atoms with Crippen molar-refractivity contribution in [2.75, 3.05) is 6.54 Å². The van der Waals surface area contributed by atoms with E-state index in [9.17, 15) is 4.79 Å². The number of H-pyrrole nitrogens is 1. The van der Waals surface area contributed by atoms with Crippen LogP contribution in [0.15, 0.2) is 11.0 Å². The van der Waals surface area contributed by atoms with Crippen molar-refractivity contribution in [2.24, 2.45) is 13.0 Å². The molecule has 2 aromatic heterocycles. The zero-order valence-electron chi connectivity index (χ0n) is 12.4. The van der Waals surface area contributed by atoms with Crippen LogP contribution in [0.3, 0.4) is 0 Å². The molecule has 0 unspecified atom stereocenters. The molecule has 0 radical (unpaired) electrons. The zero-order valence-corrected chi connectivity index (χ0v) is 12.4. The highest BCUT2D eigenvalue weighted by molar-refractivity contribution is 5.72. The van der Waals surface area contributed by atoms with Crippen molar-refractivity contribution in [1.29, 1.82) is 0 Å². The molecule has 1 N–H and O–H groups in total. The standard InChI is InChI=1S/C15H21N5O/c1-19-14-11(8-16-19)15(21)18-13(17-14)9-20-7-6-10-4-2-3-5-12(10)20/h8,10,12H,2-7,9H2,1H3,(H,17,18,21)/t10-,12-/m0/s1. The van der Waals surface area contributed by atoms with E-state index in [-0.39, 0.29) is 5.56 Å². The molecule has 2 atom stereocenters. The van der Waals surface area contributed by atoms with Gasteiger partial charge in [0.05, 0.1) is 12.7 Å². The second kappa shape index (κ2) is 4.94. The molecule has 6 heteroatoms. The van der Waals surface area contributed by atoms with Crippen LogP contribution in [0.25, 0.3) is 11.0 Å². The normalized spacial score (nSPS) is 26.3. The predicted octanol–water partition coefficient (Wildman–Crippen LogP) is 1.42. The fourth-order valence-corrected chi connectivity index (χ4v) is 4.04. The van der Waals surface area contributed by atoms with Gasteiger partial charge in [-0.25, -0.2) is 4.98 Å². The van der Waals surface area contributed by atoms with Crippen LogP contribution in [0.4, 0.5) is 0 Å². The largest absolute Gasteiger partial charge is 0.309 e. The Hall–Kier alpha value is -1.69. The van der Waals surface area contributed by atoms with Gasteiger partial charge in [-0.2, -0.15) is 5.10 Å². The van der Waals surface area contributed by atoms with Gasteiger partial charge in [0.2, 0.25) is 0 Å². The van der Waals surface area contributed by atoms with Crippen LogP contribution in [0.1, 0.15) is 37.9 Å². The molecule has 0 spiro atoms. The topological polar surface area (TPSA) is 66.8 Å². The molecule has 1 aliphatic carbocycles. The lowest BCUT2D eigenvalue weighted by molar-refractivity contribution is 0.172. The molecule has 2 aromatic rings. The molecular formula is C15H21N5O. The van der Waals surface area contributed by atoms with Gasteiger partial charge in [0.25, 0.3) is 5.56 Å². The molecule has 1 aliphatic heterocycles. The minimum Gasteiger partial charge on any atom is -0.309 e. The van der Waals surface area contributed by atoms with Crippen LogP contribution in [0, 0.1) is 5.92 Å². The first kappa shape index (κ1) is 13.0. The highest BCUT2D eigenvalue weighted by Crippen LogP contribution is 2.36. The van der Waals surface area contributed by atoms with E-state index in [2.05, 4.69) is 20.0 Å². The number of fused-ring (bicyclic) bond motifs is 2. The number of hydrogen-bond acceptors (Lipinski definition) is 4. The van der Waals surface area contributed by atoms with Crippen LogP contribution in [-0.4, -0.2) is 37.2 Å². The monoisotopic (exact) mass is 287 g/mol. The van der Waals surface area contributed by atoms with E-state index >= 15 is 0 Å². The first-order valence-corrected chi connectivity index (χ1v) is 7.87. The van der Waals surface area contributed by atoms with Gasteiger partial charge in [0.15, 0.2) is 5.65 Å². The van der Waals surface area contributed by atoms with E-state index in [4.69, 9.17) is 0 Å². The van der Waals surface area contributed by atoms with Crippen LogP contribution >= 0.6 is 0 Å². The van der Waals surface area contributed by atoms with Gasteiger partial charge >= 0.3 is 0 Å². The SMILES string of the molecule is Cn1ncc2c(=O)[nH]c(CN3CC[C@@H]4CCCC[C@@H]43)nc21. The first-order valence-electron chi connectivity index (χ1n) is 7.87. The summed E-state index contributed by atoms with van der Waals surface area (Å²) < 4.78 is 1.67. The molecule has 0 bridgehead atoms. The number of rotatable bonds is 2. The van der Waals surface area contributed by atoms with E-state index in [1.54, 1.807) is 10.9 Å². The number of nitrogens with zero attached hydrogens (tertiary/aromatic N) is 4. The summed E-state index contributed by atoms with van der Waals surface area (Å²) in [6.45, 7) is 1.87. The lowest BCUT2D eigenvalue weighted by Gasteiger charge is -2.31. The predicted molar refractivity (Wildman–Crippen MR) is 79.9 cm³/mol. The quantitative estimate of drug-likeness (QED) is 0.907. The molecule has 6 nitrogen and oxygen atoms in total. The first-order chi connectivity index (χ1) is 10.2. The number of hydrogen-bond donors (Lipinski definition) is 1. The van der Waals surface area contributed by atoms with E-state index in [1.807, 2.05) is 7.05 Å². The van der Waals surface area contributed by atoms with Gasteiger partial charge in [-0.15, -0.1) is 0 Å². The second-order valence-electron chi connectivity index (χ2n) is 6.39. The Kier molecular flexibility index (Phi) is 3.06. The van der Waals surface area contributed by atoms with Crippen molar-refractivity contribution in [3.05, 3.63) is 22.4 Å². The molecule has 2 fully saturated rings. The molecular weight excluding hydrogens is 266 g/mol. The molecule has 1 saturated carbocycles. The van der Waals surface area contributed by atoms with E-state index in [0.29, 0.717) is 17.1 Å². The molecule has 1 saturated heterocycles. The summed E-state index contributed by atoms with van der Waals surface area (Å²) in [4.78, 5) is 22.1. The highest BCUT2D eigenvalue weighted by atomic mass is 16.1. The second-order valence-corrected chi connectivity index (χ2v) is 6.39. The van der Waals surface area contributed by atoms with Crippen molar-refractivity contribution in [3.63, 3.8) is 0 Å². The fraction of sp³-hybridized carbons (Fsp3) is 0.667. The summed E-state index contributed by atoms with van der Waals surface area (Å²) in [7, 11) is 1.82. The van der Waals surface area contributed by atoms with Gasteiger partial charge in [-0.05, 0) is 31.7 Å². The Morgan fingerprint density at radius 2 is 2.19 bits per heavy atom. The Balaban J connectivity index is 1.62. The number of likely N-dealkylation sites (tertiary alicyclic amines) is 1. The molecule has 0 aromatic carbocycles. The van der Waals surface area contributed by atoms with Crippen molar-refractivity contribution >= 4 is 11.0 Å². The highest BCUT2D eigenvalue weighted by Gasteiger charge is 2.35. The minimum absolute atomic E-state index is 0.0810. The van der Waals surface area contributed by atoms with Crippen LogP contribution in [0.5, 0.6) is 0 Å². The van der Waals surface area contributed by atoms with Crippen molar-refractivity contribution < 1.29 is 0 Å². The van der Waals surface area contributed by atoms with Crippen molar-refractivity contribution in [2.45, 2.75) is 44.7 Å². The number of aromatic nitrogens is 4. The third kappa shape index (κ3) is 2.18. The Labute approximate surface area is 123 Å². The van der Waals surface area contributed by atoms with E-state index in [1.165, 1.54) is 32.1 Å². The van der Waals surface area contributed by atoms with E-state index in [0.717, 1.165) is 24.8 Å².